The zero-order valence-electron chi connectivity index (χ0n) is 13.3. The van der Waals surface area contributed by atoms with Crippen molar-refractivity contribution >= 4 is 17.5 Å². The van der Waals surface area contributed by atoms with Crippen molar-refractivity contribution in [3.8, 4) is 0 Å². The predicted molar refractivity (Wildman–Crippen MR) is 90.1 cm³/mol. The number of primary amides is 1. The smallest absolute Gasteiger partial charge is 0.237 e. The molecule has 2 N–H and O–H groups in total. The third-order valence-corrected chi connectivity index (χ3v) is 4.74. The maximum Gasteiger partial charge on any atom is 0.237 e. The summed E-state index contributed by atoms with van der Waals surface area (Å²) >= 11 is 5.84. The molecule has 0 radical (unpaired) electrons. The molecule has 3 rings (SSSR count). The van der Waals surface area contributed by atoms with E-state index >= 15 is 0 Å². The van der Waals surface area contributed by atoms with Crippen molar-refractivity contribution in [2.75, 3.05) is 13.1 Å². The Morgan fingerprint density at radius 2 is 2.12 bits per heavy atom. The van der Waals surface area contributed by atoms with Crippen molar-refractivity contribution in [1.29, 1.82) is 0 Å². The fourth-order valence-corrected chi connectivity index (χ4v) is 3.44. The van der Waals surface area contributed by atoms with E-state index in [-0.39, 0.29) is 23.3 Å². The number of hydrogen-bond donors (Lipinski definition) is 1. The maximum absolute atomic E-state index is 14.0. The zero-order valence-corrected chi connectivity index (χ0v) is 14.0. The number of hydrogen-bond acceptors (Lipinski definition) is 3. The highest BCUT2D eigenvalue weighted by molar-refractivity contribution is 6.30. The van der Waals surface area contributed by atoms with Gasteiger partial charge < -0.3 is 10.3 Å². The van der Waals surface area contributed by atoms with Crippen LogP contribution in [0.2, 0.25) is 5.02 Å². The van der Waals surface area contributed by atoms with Crippen LogP contribution in [-0.2, 0) is 17.9 Å². The fourth-order valence-electron chi connectivity index (χ4n) is 3.24. The maximum atomic E-state index is 14.0. The number of benzene rings is 1. The van der Waals surface area contributed by atoms with Crippen LogP contribution in [0.15, 0.2) is 30.6 Å². The monoisotopic (exact) mass is 350 g/mol. The molecule has 7 heteroatoms. The Morgan fingerprint density at radius 3 is 2.83 bits per heavy atom. The lowest BCUT2D eigenvalue weighted by atomic mass is 9.95. The van der Waals surface area contributed by atoms with Crippen molar-refractivity contribution in [1.82, 2.24) is 14.5 Å². The van der Waals surface area contributed by atoms with Crippen molar-refractivity contribution in [3.63, 3.8) is 0 Å². The van der Waals surface area contributed by atoms with Crippen LogP contribution >= 0.6 is 11.6 Å². The van der Waals surface area contributed by atoms with Gasteiger partial charge in [-0.1, -0.05) is 23.7 Å². The molecule has 2 aromatic rings. The third kappa shape index (κ3) is 3.76. The molecule has 0 bridgehead atoms. The van der Waals surface area contributed by atoms with Gasteiger partial charge >= 0.3 is 0 Å². The number of likely N-dealkylation sites (tertiary alicyclic amines) is 1. The van der Waals surface area contributed by atoms with Crippen molar-refractivity contribution < 1.29 is 9.18 Å². The molecule has 1 amide bonds. The molecule has 128 valence electrons. The van der Waals surface area contributed by atoms with E-state index in [1.54, 1.807) is 30.6 Å². The van der Waals surface area contributed by atoms with Crippen LogP contribution in [0.25, 0.3) is 0 Å². The number of nitrogens with two attached hydrogens (primary N) is 1. The topological polar surface area (TPSA) is 64.2 Å². The van der Waals surface area contributed by atoms with Gasteiger partial charge in [0.2, 0.25) is 5.91 Å². The number of carbonyl (C=O) groups is 1. The molecule has 5 nitrogen and oxygen atoms in total. The first-order valence-electron chi connectivity index (χ1n) is 7.99. The van der Waals surface area contributed by atoms with Crippen LogP contribution in [0.5, 0.6) is 0 Å². The predicted octanol–water partition coefficient (Wildman–Crippen LogP) is 2.54. The van der Waals surface area contributed by atoms with E-state index in [9.17, 15) is 9.18 Å². The van der Waals surface area contributed by atoms with Crippen LogP contribution in [0, 0.1) is 5.82 Å². The molecule has 24 heavy (non-hydrogen) atoms. The van der Waals surface area contributed by atoms with Gasteiger partial charge in [-0.2, -0.15) is 0 Å². The summed E-state index contributed by atoms with van der Waals surface area (Å²) in [6, 6.07) is 5.10. The minimum absolute atomic E-state index is 0.156. The number of piperidine rings is 1. The van der Waals surface area contributed by atoms with Crippen molar-refractivity contribution in [3.05, 3.63) is 52.8 Å². The number of halogens is 2. The Hall–Kier alpha value is -1.92. The Morgan fingerprint density at radius 1 is 1.38 bits per heavy atom. The molecule has 0 unspecified atom stereocenters. The first-order chi connectivity index (χ1) is 11.5. The second-order valence-corrected chi connectivity index (χ2v) is 6.55. The normalized spacial score (nSPS) is 16.4. The summed E-state index contributed by atoms with van der Waals surface area (Å²) in [5, 5.41) is 0.163. The van der Waals surface area contributed by atoms with Crippen molar-refractivity contribution in [2.24, 2.45) is 5.73 Å². The Labute approximate surface area is 145 Å². The third-order valence-electron chi connectivity index (χ3n) is 4.45. The van der Waals surface area contributed by atoms with Crippen LogP contribution in [0.1, 0.15) is 30.1 Å². The molecule has 0 aliphatic carbocycles. The average molecular weight is 351 g/mol. The summed E-state index contributed by atoms with van der Waals surface area (Å²) in [5.41, 5.74) is 5.90. The number of amides is 1. The average Bonchev–Trinajstić information content (AvgIpc) is 3.00. The van der Waals surface area contributed by atoms with E-state index in [2.05, 4.69) is 9.88 Å². The van der Waals surface area contributed by atoms with Crippen LogP contribution in [0.4, 0.5) is 4.39 Å². The van der Waals surface area contributed by atoms with Crippen molar-refractivity contribution in [2.45, 2.75) is 31.8 Å². The SMILES string of the molecule is NC(=O)Cn1ccnc1C1CCN(Cc2cccc(Cl)c2F)CC1. The largest absolute Gasteiger partial charge is 0.368 e. The van der Waals surface area contributed by atoms with E-state index < -0.39 is 0 Å². The Bertz CT molecular complexity index is 725. The zero-order chi connectivity index (χ0) is 17.1. The first kappa shape index (κ1) is 16.9. The molecule has 1 saturated heterocycles. The van der Waals surface area contributed by atoms with Crippen LogP contribution in [-0.4, -0.2) is 33.4 Å². The molecule has 2 heterocycles. The van der Waals surface area contributed by atoms with Gasteiger partial charge in [0.15, 0.2) is 0 Å². The van der Waals surface area contributed by atoms with Gasteiger partial charge in [-0.15, -0.1) is 0 Å². The van der Waals surface area contributed by atoms with Gasteiger partial charge in [0, 0.05) is 30.4 Å². The van der Waals surface area contributed by atoms with Crippen LogP contribution in [0.3, 0.4) is 0 Å². The second-order valence-electron chi connectivity index (χ2n) is 6.14. The highest BCUT2D eigenvalue weighted by Gasteiger charge is 2.24. The highest BCUT2D eigenvalue weighted by atomic mass is 35.5. The fraction of sp³-hybridized carbons (Fsp3) is 0.412. The molecule has 0 saturated carbocycles. The highest BCUT2D eigenvalue weighted by Crippen LogP contribution is 2.28. The molecule has 1 fully saturated rings. The quantitative estimate of drug-likeness (QED) is 0.901. The van der Waals surface area contributed by atoms with E-state index in [1.807, 2.05) is 4.57 Å². The second kappa shape index (κ2) is 7.32. The van der Waals surface area contributed by atoms with Gasteiger partial charge in [0.25, 0.3) is 0 Å². The molecular weight excluding hydrogens is 331 g/mol. The summed E-state index contributed by atoms with van der Waals surface area (Å²) in [6.45, 7) is 2.40. The van der Waals surface area contributed by atoms with Gasteiger partial charge in [-0.25, -0.2) is 9.37 Å². The Kier molecular flexibility index (Phi) is 5.16. The first-order valence-corrected chi connectivity index (χ1v) is 8.37. The van der Waals surface area contributed by atoms with Crippen LogP contribution < -0.4 is 5.73 Å². The van der Waals surface area contributed by atoms with E-state index in [0.717, 1.165) is 31.8 Å². The van der Waals surface area contributed by atoms with Gasteiger partial charge in [-0.05, 0) is 32.0 Å². The molecular formula is C17H20ClFN4O. The molecule has 1 aromatic carbocycles. The summed E-state index contributed by atoms with van der Waals surface area (Å²) in [7, 11) is 0. The minimum atomic E-state index is -0.372. The number of aromatic nitrogens is 2. The summed E-state index contributed by atoms with van der Waals surface area (Å²) in [4.78, 5) is 17.7. The number of nitrogens with zero attached hydrogens (tertiary/aromatic N) is 3. The van der Waals surface area contributed by atoms with E-state index in [0.29, 0.717) is 18.0 Å². The summed E-state index contributed by atoms with van der Waals surface area (Å²) < 4.78 is 15.8. The summed E-state index contributed by atoms with van der Waals surface area (Å²) in [5.74, 6) is 0.489. The minimum Gasteiger partial charge on any atom is -0.368 e. The molecule has 0 atom stereocenters. The van der Waals surface area contributed by atoms with E-state index in [1.165, 1.54) is 0 Å². The lowest BCUT2D eigenvalue weighted by molar-refractivity contribution is -0.118. The van der Waals surface area contributed by atoms with E-state index in [4.69, 9.17) is 17.3 Å². The standard InChI is InChI=1S/C17H20ClFN4O/c18-14-3-1-2-13(16(14)19)10-22-7-4-12(5-8-22)17-21-6-9-23(17)11-15(20)24/h1-3,6,9,12H,4-5,7-8,10-11H2,(H2,20,24). The summed E-state index contributed by atoms with van der Waals surface area (Å²) in [6.07, 6.45) is 5.32. The molecule has 0 spiro atoms. The number of rotatable bonds is 5. The molecule has 1 aromatic heterocycles. The molecule has 1 aliphatic heterocycles. The van der Waals surface area contributed by atoms with Gasteiger partial charge in [0.05, 0.1) is 5.02 Å². The number of carbonyl (C=O) groups excluding carboxylic acids is 1. The lowest BCUT2D eigenvalue weighted by Crippen LogP contribution is -2.34. The molecule has 1 aliphatic rings. The van der Waals surface area contributed by atoms with Gasteiger partial charge in [-0.3, -0.25) is 9.69 Å². The number of imidazole rings is 1. The lowest BCUT2D eigenvalue weighted by Gasteiger charge is -2.32. The Balaban J connectivity index is 1.61. The van der Waals surface area contributed by atoms with Gasteiger partial charge in [0.1, 0.15) is 18.2 Å².